The number of hydrogen-bond acceptors (Lipinski definition) is 7. The molecule has 0 bridgehead atoms. The number of aliphatic hydroxyl groups is 1. The van der Waals surface area contributed by atoms with E-state index in [1.165, 1.54) is 39.0 Å². The molecule has 1 heterocycles. The Hall–Kier alpha value is -2.62. The monoisotopic (exact) mass is 643 g/mol. The van der Waals surface area contributed by atoms with E-state index in [0.29, 0.717) is 19.0 Å². The molecule has 0 aromatic heterocycles. The Kier molecular flexibility index (Phi) is 9.36. The van der Waals surface area contributed by atoms with E-state index in [1.54, 1.807) is 47.4 Å². The van der Waals surface area contributed by atoms with Crippen LogP contribution in [0.3, 0.4) is 0 Å². The van der Waals surface area contributed by atoms with E-state index >= 15 is 0 Å². The second-order valence-electron chi connectivity index (χ2n) is 10.5. The lowest BCUT2D eigenvalue weighted by Crippen LogP contribution is -2.59. The zero-order valence-corrected chi connectivity index (χ0v) is 25.5. The summed E-state index contributed by atoms with van der Waals surface area (Å²) in [6.07, 6.45) is 1.33. The van der Waals surface area contributed by atoms with Gasteiger partial charge in [0.25, 0.3) is 0 Å². The zero-order valence-electron chi connectivity index (χ0n) is 23.0. The molecule has 228 valence electrons. The lowest BCUT2D eigenvalue weighted by Gasteiger charge is -2.44. The Morgan fingerprint density at radius 3 is 2.24 bits per heavy atom. The molecule has 8 nitrogen and oxygen atoms in total. The summed E-state index contributed by atoms with van der Waals surface area (Å²) in [5.74, 6) is 0. The number of anilines is 1. The summed E-state index contributed by atoms with van der Waals surface area (Å²) >= 11 is 5.31. The van der Waals surface area contributed by atoms with Crippen molar-refractivity contribution in [2.24, 2.45) is 0 Å². The van der Waals surface area contributed by atoms with Crippen molar-refractivity contribution in [2.45, 2.75) is 37.7 Å². The van der Waals surface area contributed by atoms with Gasteiger partial charge >= 0.3 is 6.18 Å². The number of halogens is 3. The van der Waals surface area contributed by atoms with Crippen LogP contribution in [0, 0.1) is 0 Å². The predicted molar refractivity (Wildman–Crippen MR) is 160 cm³/mol. The number of allylic oxidation sites excluding steroid dienone is 4. The highest BCUT2D eigenvalue weighted by Crippen LogP contribution is 2.39. The molecule has 42 heavy (non-hydrogen) atoms. The van der Waals surface area contributed by atoms with Gasteiger partial charge in [0.2, 0.25) is 20.0 Å². The van der Waals surface area contributed by atoms with Crippen LogP contribution in [-0.2, 0) is 32.2 Å². The van der Waals surface area contributed by atoms with Gasteiger partial charge in [-0.2, -0.15) is 21.8 Å². The van der Waals surface area contributed by atoms with Crippen LogP contribution in [-0.4, -0.2) is 80.1 Å². The highest BCUT2D eigenvalue weighted by molar-refractivity contribution is 7.96. The number of thiocarbonyl (C=S) groups is 1. The first kappa shape index (κ1) is 32.3. The second kappa shape index (κ2) is 12.2. The molecule has 2 aromatic carbocycles. The van der Waals surface area contributed by atoms with E-state index in [0.717, 1.165) is 11.8 Å². The van der Waals surface area contributed by atoms with Crippen LogP contribution < -0.4 is 4.90 Å². The quantitative estimate of drug-likeness (QED) is 0.414. The normalized spacial score (nSPS) is 20.5. The van der Waals surface area contributed by atoms with E-state index in [2.05, 4.69) is 0 Å². The maximum atomic E-state index is 13.6. The topological polar surface area (TPSA) is 98.2 Å². The van der Waals surface area contributed by atoms with Gasteiger partial charge in [0.1, 0.15) is 0 Å². The van der Waals surface area contributed by atoms with Crippen LogP contribution in [0.2, 0.25) is 0 Å². The molecular formula is C28H32F3N3O5S3. The number of alkyl halides is 3. The molecular weight excluding hydrogens is 612 g/mol. The van der Waals surface area contributed by atoms with Crippen molar-refractivity contribution in [3.05, 3.63) is 88.9 Å². The van der Waals surface area contributed by atoms with E-state index in [1.807, 2.05) is 0 Å². The minimum atomic E-state index is -4.89. The van der Waals surface area contributed by atoms with Crippen molar-refractivity contribution in [3.63, 3.8) is 0 Å². The van der Waals surface area contributed by atoms with Crippen molar-refractivity contribution in [3.8, 4) is 0 Å². The molecule has 0 spiro atoms. The first-order valence-electron chi connectivity index (χ1n) is 13.1. The van der Waals surface area contributed by atoms with Crippen LogP contribution in [0.4, 0.5) is 18.9 Å². The first-order valence-corrected chi connectivity index (χ1v) is 16.8. The third kappa shape index (κ3) is 6.95. The van der Waals surface area contributed by atoms with Crippen molar-refractivity contribution >= 4 is 42.8 Å². The largest absolute Gasteiger partial charge is 0.421 e. The highest BCUT2D eigenvalue weighted by Gasteiger charge is 2.51. The Balaban J connectivity index is 1.69. The molecule has 0 saturated carbocycles. The molecule has 2 aliphatic rings. The number of rotatable bonds is 9. The summed E-state index contributed by atoms with van der Waals surface area (Å²) in [7, 11) is -7.75. The lowest BCUT2D eigenvalue weighted by molar-refractivity contribution is -0.258. The Morgan fingerprint density at radius 1 is 1.02 bits per heavy atom. The Labute approximate surface area is 249 Å². The smallest absolute Gasteiger partial charge is 0.376 e. The second-order valence-corrected chi connectivity index (χ2v) is 14.8. The maximum absolute atomic E-state index is 13.6. The standard InChI is InChI=1S/C28H32F3N3O5S3/c1-27(35,28(29,30)31)22-12-14-23(15-13-22)34-17-16-32(42(38,39)26-11-7-6-10-25(26)40)19-24(34)20-33(41(2,36)37)18-21-8-4-3-5-9-21/h3-9,11-15,24,35H,10,16-20H2,1-2H3/t24-,27+/m1/s1. The fourth-order valence-corrected chi connectivity index (χ4v) is 7.81. The maximum Gasteiger partial charge on any atom is 0.421 e. The van der Waals surface area contributed by atoms with Crippen LogP contribution in [0.25, 0.3) is 0 Å². The zero-order chi connectivity index (χ0) is 30.9. The molecule has 1 fully saturated rings. The van der Waals surface area contributed by atoms with E-state index in [4.69, 9.17) is 12.2 Å². The van der Waals surface area contributed by atoms with Gasteiger partial charge in [-0.3, -0.25) is 0 Å². The van der Waals surface area contributed by atoms with Gasteiger partial charge in [-0.05, 0) is 36.3 Å². The van der Waals surface area contributed by atoms with Crippen LogP contribution in [0.15, 0.2) is 77.7 Å². The molecule has 2 aromatic rings. The number of hydrogen-bond donors (Lipinski definition) is 1. The molecule has 1 saturated heterocycles. The summed E-state index contributed by atoms with van der Waals surface area (Å²) in [6, 6.07) is 13.4. The Bertz CT molecular complexity index is 1570. The van der Waals surface area contributed by atoms with Gasteiger partial charge in [-0.15, -0.1) is 0 Å². The molecule has 0 unspecified atom stereocenters. The SMILES string of the molecule is C[C@](O)(c1ccc(N2CCN(S(=O)(=O)C3=CC=CCC3=S)C[C@@H]2CN(Cc2ccccc2)S(C)(=O)=O)cc1)C(F)(F)F. The number of nitrogens with zero attached hydrogens (tertiary/aromatic N) is 3. The average molecular weight is 644 g/mol. The minimum Gasteiger partial charge on any atom is -0.376 e. The van der Waals surface area contributed by atoms with Crippen LogP contribution in [0.5, 0.6) is 0 Å². The van der Waals surface area contributed by atoms with Crippen LogP contribution >= 0.6 is 12.2 Å². The summed E-state index contributed by atoms with van der Waals surface area (Å²) in [5, 5.41) is 10.1. The number of piperazine rings is 1. The third-order valence-corrected chi connectivity index (χ3v) is 11.1. The van der Waals surface area contributed by atoms with Crippen molar-refractivity contribution < 1.29 is 35.1 Å². The van der Waals surface area contributed by atoms with Gasteiger partial charge < -0.3 is 10.0 Å². The lowest BCUT2D eigenvalue weighted by atomic mass is 9.95. The van der Waals surface area contributed by atoms with Crippen molar-refractivity contribution in [2.75, 3.05) is 37.3 Å². The Morgan fingerprint density at radius 2 is 1.67 bits per heavy atom. The molecule has 14 heteroatoms. The molecule has 4 rings (SSSR count). The molecule has 2 atom stereocenters. The summed E-state index contributed by atoms with van der Waals surface area (Å²) in [4.78, 5) is 2.09. The van der Waals surface area contributed by atoms with Gasteiger partial charge in [-0.25, -0.2) is 16.8 Å². The van der Waals surface area contributed by atoms with Crippen LogP contribution in [0.1, 0.15) is 24.5 Å². The van der Waals surface area contributed by atoms with Crippen molar-refractivity contribution in [1.82, 2.24) is 8.61 Å². The van der Waals surface area contributed by atoms with Gasteiger partial charge in [0, 0.05) is 49.7 Å². The highest BCUT2D eigenvalue weighted by atomic mass is 32.2. The molecule has 1 N–H and O–H groups in total. The van der Waals surface area contributed by atoms with Gasteiger partial charge in [0.15, 0.2) is 5.60 Å². The molecule has 0 radical (unpaired) electrons. The molecule has 1 aliphatic carbocycles. The summed E-state index contributed by atoms with van der Waals surface area (Å²) in [6.45, 7) is 0.714. The fourth-order valence-electron chi connectivity index (χ4n) is 4.91. The fraction of sp³-hybridized carbons (Fsp3) is 0.393. The van der Waals surface area contributed by atoms with E-state index in [9.17, 15) is 35.1 Å². The molecule has 0 amide bonds. The first-order chi connectivity index (χ1) is 19.5. The van der Waals surface area contributed by atoms with E-state index in [-0.39, 0.29) is 48.1 Å². The minimum absolute atomic E-state index is 0.0233. The number of sulfonamides is 2. The van der Waals surface area contributed by atoms with Gasteiger partial charge in [0.05, 0.1) is 17.2 Å². The average Bonchev–Trinajstić information content (AvgIpc) is 2.92. The third-order valence-electron chi connectivity index (χ3n) is 7.42. The number of benzene rings is 2. The van der Waals surface area contributed by atoms with E-state index < -0.39 is 37.9 Å². The van der Waals surface area contributed by atoms with Gasteiger partial charge in [-0.1, -0.05) is 66.8 Å². The summed E-state index contributed by atoms with van der Waals surface area (Å²) in [5.41, 5.74) is -2.23. The summed E-state index contributed by atoms with van der Waals surface area (Å²) < 4.78 is 95.7. The predicted octanol–water partition coefficient (Wildman–Crippen LogP) is 3.95. The molecule has 1 aliphatic heterocycles. The van der Waals surface area contributed by atoms with Crippen molar-refractivity contribution in [1.29, 1.82) is 0 Å².